The van der Waals surface area contributed by atoms with Gasteiger partial charge in [-0.05, 0) is 43.2 Å². The first kappa shape index (κ1) is 22.5. The maximum Gasteiger partial charge on any atom is 0.257 e. The van der Waals surface area contributed by atoms with Gasteiger partial charge in [-0.3, -0.25) is 9.52 Å². The normalized spacial score (nSPS) is 13.1. The lowest BCUT2D eigenvalue weighted by atomic mass is 9.99. The molecule has 0 aliphatic carbocycles. The van der Waals surface area contributed by atoms with E-state index in [1.165, 1.54) is 22.8 Å². The third-order valence-corrected chi connectivity index (χ3v) is 6.06. The van der Waals surface area contributed by atoms with Gasteiger partial charge in [0.05, 0.1) is 12.2 Å². The molecule has 172 valence electrons. The molecule has 0 radical (unpaired) electrons. The molecular weight excluding hydrogens is 454 g/mol. The Labute approximate surface area is 188 Å². The first-order chi connectivity index (χ1) is 15.7. The minimum atomic E-state index is -3.80. The zero-order chi connectivity index (χ0) is 23.8. The van der Waals surface area contributed by atoms with Crippen LogP contribution in [-0.4, -0.2) is 19.6 Å². The summed E-state index contributed by atoms with van der Waals surface area (Å²) in [7, 11) is -2.21. The van der Waals surface area contributed by atoms with Gasteiger partial charge in [0.2, 0.25) is 0 Å². The number of halogens is 2. The standard InChI is InChI=1S/C23H20F2N2O5S/c1-3-33(29,30)26-15-7-9-20(32-21-8-6-14(24)11-19(21)25)17(12-15)18-13-27(2)23(28)16-5-4-10-31-22(16)18/h3,6-9,11-13,26H,1,4-5,10H2,2H3. The number of fused-ring (bicyclic) bond motifs is 1. The summed E-state index contributed by atoms with van der Waals surface area (Å²) in [6.45, 7) is 3.67. The van der Waals surface area contributed by atoms with Crippen LogP contribution in [0.2, 0.25) is 0 Å². The molecule has 4 rings (SSSR count). The molecule has 0 spiro atoms. The largest absolute Gasteiger partial charge is 0.492 e. The topological polar surface area (TPSA) is 86.6 Å². The summed E-state index contributed by atoms with van der Waals surface area (Å²) in [4.78, 5) is 12.6. The number of pyridine rings is 1. The molecule has 0 saturated heterocycles. The number of sulfonamides is 1. The zero-order valence-electron chi connectivity index (χ0n) is 17.6. The Hall–Kier alpha value is -3.66. The van der Waals surface area contributed by atoms with Crippen molar-refractivity contribution in [1.82, 2.24) is 4.57 Å². The maximum atomic E-state index is 14.3. The van der Waals surface area contributed by atoms with Crippen LogP contribution < -0.4 is 19.8 Å². The number of anilines is 1. The van der Waals surface area contributed by atoms with Crippen molar-refractivity contribution in [1.29, 1.82) is 0 Å². The lowest BCUT2D eigenvalue weighted by molar-refractivity contribution is 0.287. The highest BCUT2D eigenvalue weighted by Crippen LogP contribution is 2.42. The van der Waals surface area contributed by atoms with Crippen molar-refractivity contribution in [3.63, 3.8) is 0 Å². The van der Waals surface area contributed by atoms with Crippen LogP contribution >= 0.6 is 0 Å². The van der Waals surface area contributed by atoms with Crippen LogP contribution in [0.3, 0.4) is 0 Å². The molecule has 0 fully saturated rings. The van der Waals surface area contributed by atoms with Crippen LogP contribution in [0.15, 0.2) is 59.4 Å². The fraction of sp³-hybridized carbons (Fsp3) is 0.174. The Morgan fingerprint density at radius 1 is 1.15 bits per heavy atom. The summed E-state index contributed by atoms with van der Waals surface area (Å²) < 4.78 is 66.9. The van der Waals surface area contributed by atoms with Gasteiger partial charge in [0, 0.05) is 41.5 Å². The van der Waals surface area contributed by atoms with Crippen LogP contribution in [0, 0.1) is 11.6 Å². The molecular formula is C23H20F2N2O5S. The molecule has 0 amide bonds. The SMILES string of the molecule is C=CS(=O)(=O)Nc1ccc(Oc2ccc(F)cc2F)c(-c2cn(C)c(=O)c3c2OCCC3)c1. The number of hydrogen-bond acceptors (Lipinski definition) is 5. The van der Waals surface area contributed by atoms with Gasteiger partial charge >= 0.3 is 0 Å². The molecule has 2 heterocycles. The Morgan fingerprint density at radius 2 is 1.91 bits per heavy atom. The number of aryl methyl sites for hydroxylation is 1. The monoisotopic (exact) mass is 474 g/mol. The van der Waals surface area contributed by atoms with Crippen molar-refractivity contribution >= 4 is 15.7 Å². The van der Waals surface area contributed by atoms with Gasteiger partial charge in [0.15, 0.2) is 11.6 Å². The fourth-order valence-corrected chi connectivity index (χ4v) is 4.10. The van der Waals surface area contributed by atoms with Gasteiger partial charge in [-0.2, -0.15) is 0 Å². The van der Waals surface area contributed by atoms with Gasteiger partial charge in [0.25, 0.3) is 15.6 Å². The van der Waals surface area contributed by atoms with Crippen molar-refractivity contribution in [2.45, 2.75) is 12.8 Å². The number of hydrogen-bond donors (Lipinski definition) is 1. The molecule has 33 heavy (non-hydrogen) atoms. The number of rotatable bonds is 6. The van der Waals surface area contributed by atoms with E-state index in [0.717, 1.165) is 17.5 Å². The quantitative estimate of drug-likeness (QED) is 0.575. The van der Waals surface area contributed by atoms with E-state index < -0.39 is 21.7 Å². The number of aromatic nitrogens is 1. The lowest BCUT2D eigenvalue weighted by Crippen LogP contribution is -2.25. The highest BCUT2D eigenvalue weighted by Gasteiger charge is 2.24. The lowest BCUT2D eigenvalue weighted by Gasteiger charge is -2.22. The van der Waals surface area contributed by atoms with Gasteiger partial charge in [0.1, 0.15) is 17.3 Å². The summed E-state index contributed by atoms with van der Waals surface area (Å²) in [5.74, 6) is -1.38. The van der Waals surface area contributed by atoms with Gasteiger partial charge in [-0.15, -0.1) is 0 Å². The molecule has 1 aromatic heterocycles. The smallest absolute Gasteiger partial charge is 0.257 e. The van der Waals surface area contributed by atoms with Crippen LogP contribution in [-0.2, 0) is 23.5 Å². The number of ether oxygens (including phenoxy) is 2. The Balaban J connectivity index is 1.91. The summed E-state index contributed by atoms with van der Waals surface area (Å²) >= 11 is 0. The highest BCUT2D eigenvalue weighted by atomic mass is 32.2. The average Bonchev–Trinajstić information content (AvgIpc) is 2.79. The van der Waals surface area contributed by atoms with Gasteiger partial charge in [-0.1, -0.05) is 6.58 Å². The average molecular weight is 474 g/mol. The second-order valence-electron chi connectivity index (χ2n) is 7.42. The van der Waals surface area contributed by atoms with E-state index in [1.807, 2.05) is 0 Å². The van der Waals surface area contributed by atoms with Crippen molar-refractivity contribution in [3.05, 3.63) is 82.1 Å². The first-order valence-corrected chi connectivity index (χ1v) is 11.5. The maximum absolute atomic E-state index is 14.3. The van der Waals surface area contributed by atoms with E-state index in [4.69, 9.17) is 9.47 Å². The third-order valence-electron chi connectivity index (χ3n) is 5.10. The van der Waals surface area contributed by atoms with E-state index in [-0.39, 0.29) is 22.7 Å². The predicted molar refractivity (Wildman–Crippen MR) is 120 cm³/mol. The van der Waals surface area contributed by atoms with Gasteiger partial charge < -0.3 is 14.0 Å². The Kier molecular flexibility index (Phi) is 5.94. The molecule has 2 aromatic carbocycles. The molecule has 1 aliphatic heterocycles. The molecule has 3 aromatic rings. The molecule has 10 heteroatoms. The summed E-state index contributed by atoms with van der Waals surface area (Å²) in [6, 6.07) is 7.25. The second kappa shape index (κ2) is 8.70. The zero-order valence-corrected chi connectivity index (χ0v) is 18.4. The first-order valence-electron chi connectivity index (χ1n) is 9.96. The van der Waals surface area contributed by atoms with E-state index in [0.29, 0.717) is 48.0 Å². The second-order valence-corrected chi connectivity index (χ2v) is 9.05. The van der Waals surface area contributed by atoms with Crippen molar-refractivity contribution in [2.75, 3.05) is 11.3 Å². The minimum absolute atomic E-state index is 0.150. The number of benzene rings is 2. The van der Waals surface area contributed by atoms with E-state index in [9.17, 15) is 22.0 Å². The van der Waals surface area contributed by atoms with E-state index >= 15 is 0 Å². The van der Waals surface area contributed by atoms with E-state index in [1.54, 1.807) is 13.2 Å². The molecule has 0 saturated carbocycles. The predicted octanol–water partition coefficient (Wildman–Crippen LogP) is 4.33. The molecule has 0 bridgehead atoms. The van der Waals surface area contributed by atoms with Crippen LogP contribution in [0.4, 0.5) is 14.5 Å². The number of nitrogens with one attached hydrogen (secondary N) is 1. The highest BCUT2D eigenvalue weighted by molar-refractivity contribution is 7.95. The fourth-order valence-electron chi connectivity index (χ4n) is 3.56. The van der Waals surface area contributed by atoms with Crippen LogP contribution in [0.25, 0.3) is 11.1 Å². The molecule has 7 nitrogen and oxygen atoms in total. The molecule has 1 aliphatic rings. The summed E-state index contributed by atoms with van der Waals surface area (Å²) in [5.41, 5.74) is 1.28. The summed E-state index contributed by atoms with van der Waals surface area (Å²) in [5, 5.41) is 0.766. The minimum Gasteiger partial charge on any atom is -0.492 e. The van der Waals surface area contributed by atoms with Gasteiger partial charge in [-0.25, -0.2) is 17.2 Å². The Morgan fingerprint density at radius 3 is 2.64 bits per heavy atom. The molecule has 0 atom stereocenters. The van der Waals surface area contributed by atoms with Crippen LogP contribution in [0.5, 0.6) is 17.2 Å². The number of nitrogens with zero attached hydrogens (tertiary/aromatic N) is 1. The molecule has 0 unspecified atom stereocenters. The van der Waals surface area contributed by atoms with Crippen molar-refractivity contribution in [2.24, 2.45) is 7.05 Å². The molecule has 1 N–H and O–H groups in total. The van der Waals surface area contributed by atoms with Crippen molar-refractivity contribution in [3.8, 4) is 28.4 Å². The Bertz CT molecular complexity index is 1420. The third kappa shape index (κ3) is 4.61. The van der Waals surface area contributed by atoms with E-state index in [2.05, 4.69) is 11.3 Å². The van der Waals surface area contributed by atoms with Crippen molar-refractivity contribution < 1.29 is 26.7 Å². The summed E-state index contributed by atoms with van der Waals surface area (Å²) in [6.07, 6.45) is 2.73. The van der Waals surface area contributed by atoms with Crippen LogP contribution in [0.1, 0.15) is 12.0 Å².